The van der Waals surface area contributed by atoms with Crippen LogP contribution < -0.4 is 5.32 Å². The van der Waals surface area contributed by atoms with E-state index >= 15 is 0 Å². The highest BCUT2D eigenvalue weighted by atomic mass is 19.4. The molecule has 0 aliphatic carbocycles. The number of carbonyl (C=O) groups excluding carboxylic acids is 1. The van der Waals surface area contributed by atoms with Crippen LogP contribution in [0.4, 0.5) is 17.6 Å². The van der Waals surface area contributed by atoms with Gasteiger partial charge in [0.1, 0.15) is 5.82 Å². The van der Waals surface area contributed by atoms with E-state index in [9.17, 15) is 27.2 Å². The topological polar surface area (TPSA) is 66.4 Å². The van der Waals surface area contributed by atoms with E-state index in [1.54, 1.807) is 0 Å². The van der Waals surface area contributed by atoms with Crippen LogP contribution >= 0.6 is 0 Å². The predicted molar refractivity (Wildman–Crippen MR) is 69.4 cm³/mol. The minimum atomic E-state index is -4.80. The van der Waals surface area contributed by atoms with Gasteiger partial charge in [0.15, 0.2) is 0 Å². The Hall–Kier alpha value is -2.38. The molecule has 0 radical (unpaired) electrons. The van der Waals surface area contributed by atoms with Gasteiger partial charge < -0.3 is 10.4 Å². The van der Waals surface area contributed by atoms with Gasteiger partial charge in [0.25, 0.3) is 0 Å². The highest BCUT2D eigenvalue weighted by molar-refractivity contribution is 5.93. The maximum Gasteiger partial charge on any atom is 0.419 e. The maximum atomic E-state index is 13.4. The van der Waals surface area contributed by atoms with Crippen molar-refractivity contribution in [3.63, 3.8) is 0 Å². The molecule has 1 amide bonds. The van der Waals surface area contributed by atoms with E-state index < -0.39 is 41.9 Å². The number of aliphatic carboxylic acids is 1. The van der Waals surface area contributed by atoms with Crippen LogP contribution in [0.5, 0.6) is 0 Å². The minimum Gasteiger partial charge on any atom is -0.478 e. The molecule has 0 saturated carbocycles. The van der Waals surface area contributed by atoms with Crippen LogP contribution in [0.25, 0.3) is 0 Å². The lowest BCUT2D eigenvalue weighted by Crippen LogP contribution is -2.27. The number of rotatable bonds is 5. The van der Waals surface area contributed by atoms with Crippen LogP contribution in [-0.2, 0) is 15.8 Å². The highest BCUT2D eigenvalue weighted by Crippen LogP contribution is 2.32. The van der Waals surface area contributed by atoms with Crippen LogP contribution in [0.1, 0.15) is 30.5 Å². The summed E-state index contributed by atoms with van der Waals surface area (Å²) >= 11 is 0. The normalized spacial score (nSPS) is 12.6. The summed E-state index contributed by atoms with van der Waals surface area (Å²) in [6, 6.07) is 1.53. The van der Waals surface area contributed by atoms with Gasteiger partial charge in [0.2, 0.25) is 5.91 Å². The molecule has 1 unspecified atom stereocenters. The molecule has 0 fully saturated rings. The van der Waals surface area contributed by atoms with Gasteiger partial charge in [0.05, 0.1) is 18.0 Å². The van der Waals surface area contributed by atoms with Crippen molar-refractivity contribution in [3.8, 4) is 0 Å². The number of carboxylic acids is 1. The standard InChI is InChI=1S/C14H13F4NO3/c1-7(13(21)22)5-12(20)19-8(2)9-3-4-10(11(15)6-9)14(16,17)18/h3-4,6,8H,1,5H2,2H3,(H,19,20)(H,21,22). The smallest absolute Gasteiger partial charge is 0.419 e. The molecule has 0 aliphatic heterocycles. The van der Waals surface area contributed by atoms with Crippen molar-refractivity contribution in [1.82, 2.24) is 5.32 Å². The minimum absolute atomic E-state index is 0.125. The van der Waals surface area contributed by atoms with Gasteiger partial charge in [-0.3, -0.25) is 4.79 Å². The Labute approximate surface area is 123 Å². The fourth-order valence-electron chi connectivity index (χ4n) is 1.68. The molecule has 1 atom stereocenters. The zero-order chi connectivity index (χ0) is 17.1. The fourth-order valence-corrected chi connectivity index (χ4v) is 1.68. The van der Waals surface area contributed by atoms with Gasteiger partial charge in [-0.15, -0.1) is 0 Å². The summed E-state index contributed by atoms with van der Waals surface area (Å²) < 4.78 is 50.7. The molecule has 0 bridgehead atoms. The molecule has 0 aromatic heterocycles. The summed E-state index contributed by atoms with van der Waals surface area (Å²) in [5.41, 5.74) is -1.60. The quantitative estimate of drug-likeness (QED) is 0.647. The SMILES string of the molecule is C=C(CC(=O)NC(C)c1ccc(C(F)(F)F)c(F)c1)C(=O)O. The molecule has 8 heteroatoms. The van der Waals surface area contributed by atoms with Gasteiger partial charge in [-0.2, -0.15) is 13.2 Å². The average Bonchev–Trinajstić information content (AvgIpc) is 2.36. The second-order valence-corrected chi connectivity index (χ2v) is 4.61. The molecule has 2 N–H and O–H groups in total. The first-order chi connectivity index (χ1) is 10.0. The van der Waals surface area contributed by atoms with Crippen molar-refractivity contribution in [2.24, 2.45) is 0 Å². The Kier molecular flexibility index (Phi) is 5.29. The van der Waals surface area contributed by atoms with Crippen molar-refractivity contribution in [2.45, 2.75) is 25.6 Å². The Balaban J connectivity index is 2.80. The number of carbonyl (C=O) groups is 2. The number of alkyl halides is 3. The van der Waals surface area contributed by atoms with Gasteiger partial charge >= 0.3 is 12.1 Å². The van der Waals surface area contributed by atoms with E-state index in [2.05, 4.69) is 11.9 Å². The number of halogens is 4. The van der Waals surface area contributed by atoms with Gasteiger partial charge in [0, 0.05) is 5.57 Å². The first-order valence-corrected chi connectivity index (χ1v) is 6.09. The predicted octanol–water partition coefficient (Wildman–Crippen LogP) is 3.05. The summed E-state index contributed by atoms with van der Waals surface area (Å²) in [6.45, 7) is 4.62. The molecule has 4 nitrogen and oxygen atoms in total. The zero-order valence-corrected chi connectivity index (χ0v) is 11.5. The van der Waals surface area contributed by atoms with Crippen molar-refractivity contribution < 1.29 is 32.3 Å². The largest absolute Gasteiger partial charge is 0.478 e. The van der Waals surface area contributed by atoms with Gasteiger partial charge in [-0.05, 0) is 24.6 Å². The van der Waals surface area contributed by atoms with E-state index in [1.165, 1.54) is 6.92 Å². The van der Waals surface area contributed by atoms with Crippen molar-refractivity contribution in [2.75, 3.05) is 0 Å². The molecule has 1 aromatic rings. The first-order valence-electron chi connectivity index (χ1n) is 6.09. The second-order valence-electron chi connectivity index (χ2n) is 4.61. The second kappa shape index (κ2) is 6.59. The van der Waals surface area contributed by atoms with Gasteiger partial charge in [-0.1, -0.05) is 12.6 Å². The Morgan fingerprint density at radius 3 is 2.41 bits per heavy atom. The van der Waals surface area contributed by atoms with Gasteiger partial charge in [-0.25, -0.2) is 9.18 Å². The number of hydrogen-bond donors (Lipinski definition) is 2. The molecule has 1 rings (SSSR count). The molecule has 120 valence electrons. The van der Waals surface area contributed by atoms with E-state index in [4.69, 9.17) is 5.11 Å². The average molecular weight is 319 g/mol. The summed E-state index contributed by atoms with van der Waals surface area (Å²) in [6.07, 6.45) is -5.27. The maximum absolute atomic E-state index is 13.4. The third kappa shape index (κ3) is 4.57. The Morgan fingerprint density at radius 1 is 1.36 bits per heavy atom. The molecule has 0 spiro atoms. The number of hydrogen-bond acceptors (Lipinski definition) is 2. The molecule has 1 aromatic carbocycles. The molecule has 0 aliphatic rings. The van der Waals surface area contributed by atoms with E-state index in [-0.39, 0.29) is 11.1 Å². The molecule has 0 heterocycles. The number of nitrogens with one attached hydrogen (secondary N) is 1. The van der Waals surface area contributed by atoms with E-state index in [0.29, 0.717) is 12.1 Å². The molecular weight excluding hydrogens is 306 g/mol. The summed E-state index contributed by atoms with van der Waals surface area (Å²) in [5, 5.41) is 10.9. The molecular formula is C14H13F4NO3. The number of amides is 1. The van der Waals surface area contributed by atoms with Crippen LogP contribution in [-0.4, -0.2) is 17.0 Å². The lowest BCUT2D eigenvalue weighted by molar-refractivity contribution is -0.140. The Bertz CT molecular complexity index is 611. The monoisotopic (exact) mass is 319 g/mol. The number of carboxylic acid groups (broad SMARTS) is 1. The third-order valence-corrected chi connectivity index (χ3v) is 2.85. The highest BCUT2D eigenvalue weighted by Gasteiger charge is 2.34. The third-order valence-electron chi connectivity index (χ3n) is 2.85. The number of benzene rings is 1. The van der Waals surface area contributed by atoms with E-state index in [1.807, 2.05) is 0 Å². The van der Waals surface area contributed by atoms with Crippen LogP contribution in [0, 0.1) is 5.82 Å². The molecule has 22 heavy (non-hydrogen) atoms. The Morgan fingerprint density at radius 2 is 1.95 bits per heavy atom. The van der Waals surface area contributed by atoms with Crippen molar-refractivity contribution in [3.05, 3.63) is 47.3 Å². The summed E-state index contributed by atoms with van der Waals surface area (Å²) in [7, 11) is 0. The fraction of sp³-hybridized carbons (Fsp3) is 0.286. The summed E-state index contributed by atoms with van der Waals surface area (Å²) in [4.78, 5) is 22.1. The van der Waals surface area contributed by atoms with Crippen molar-refractivity contribution in [1.29, 1.82) is 0 Å². The van der Waals surface area contributed by atoms with Crippen LogP contribution in [0.2, 0.25) is 0 Å². The van der Waals surface area contributed by atoms with E-state index in [0.717, 1.165) is 6.07 Å². The summed E-state index contributed by atoms with van der Waals surface area (Å²) in [5.74, 6) is -3.45. The zero-order valence-electron chi connectivity index (χ0n) is 11.5. The lowest BCUT2D eigenvalue weighted by Gasteiger charge is -2.16. The first kappa shape index (κ1) is 17.7. The van der Waals surface area contributed by atoms with Crippen molar-refractivity contribution >= 4 is 11.9 Å². The molecule has 0 saturated heterocycles. The van der Waals surface area contributed by atoms with Crippen LogP contribution in [0.3, 0.4) is 0 Å². The van der Waals surface area contributed by atoms with Crippen LogP contribution in [0.15, 0.2) is 30.4 Å². The lowest BCUT2D eigenvalue weighted by atomic mass is 10.0.